The molecule has 0 aliphatic carbocycles. The number of sulfonamides is 1. The van der Waals surface area contributed by atoms with Gasteiger partial charge in [0.2, 0.25) is 0 Å². The highest BCUT2D eigenvalue weighted by atomic mass is 32.2. The van der Waals surface area contributed by atoms with Crippen LogP contribution in [0.4, 0.5) is 0 Å². The second-order valence-corrected chi connectivity index (χ2v) is 5.89. The van der Waals surface area contributed by atoms with Crippen LogP contribution in [-0.4, -0.2) is 44.7 Å². The van der Waals surface area contributed by atoms with Crippen molar-refractivity contribution in [1.82, 2.24) is 9.62 Å². The Morgan fingerprint density at radius 1 is 1.22 bits per heavy atom. The summed E-state index contributed by atoms with van der Waals surface area (Å²) in [6, 6.07) is 8.17. The molecule has 18 heavy (non-hydrogen) atoms. The van der Waals surface area contributed by atoms with Crippen molar-refractivity contribution >= 4 is 27.4 Å². The third kappa shape index (κ3) is 3.18. The van der Waals surface area contributed by atoms with Crippen LogP contribution in [0.25, 0.3) is 0 Å². The minimum atomic E-state index is -3.58. The molecule has 1 fully saturated rings. The standard InChI is InChI=1S/C11H14N2O3S2/c14-18(15,10-4-2-1-3-5-10)12-11(17)13-6-8-16-9-7-13/h1-5H,6-9H2,(H,12,17). The van der Waals surface area contributed by atoms with E-state index >= 15 is 0 Å². The third-order valence-electron chi connectivity index (χ3n) is 2.57. The second kappa shape index (κ2) is 5.64. The van der Waals surface area contributed by atoms with Crippen LogP contribution >= 0.6 is 12.2 Å². The first-order chi connectivity index (χ1) is 8.59. The van der Waals surface area contributed by atoms with Gasteiger partial charge in [0, 0.05) is 13.1 Å². The van der Waals surface area contributed by atoms with E-state index in [1.54, 1.807) is 23.1 Å². The highest BCUT2D eigenvalue weighted by molar-refractivity contribution is 7.91. The van der Waals surface area contributed by atoms with Crippen LogP contribution in [0, 0.1) is 0 Å². The highest BCUT2D eigenvalue weighted by Gasteiger charge is 2.20. The normalized spacial score (nSPS) is 16.3. The van der Waals surface area contributed by atoms with Gasteiger partial charge in [-0.15, -0.1) is 0 Å². The molecule has 1 heterocycles. The maximum atomic E-state index is 12.0. The van der Waals surface area contributed by atoms with E-state index in [1.165, 1.54) is 12.1 Å². The molecule has 0 saturated carbocycles. The van der Waals surface area contributed by atoms with Gasteiger partial charge in [0.1, 0.15) is 0 Å². The fourth-order valence-electron chi connectivity index (χ4n) is 1.60. The van der Waals surface area contributed by atoms with Crippen LogP contribution in [0.2, 0.25) is 0 Å². The molecule has 1 aromatic carbocycles. The summed E-state index contributed by atoms with van der Waals surface area (Å²) in [6.07, 6.45) is 0. The SMILES string of the molecule is O=S(=O)(NC(=S)N1CCOCC1)c1ccccc1. The van der Waals surface area contributed by atoms with Crippen LogP contribution < -0.4 is 4.72 Å². The second-order valence-electron chi connectivity index (χ2n) is 3.82. The highest BCUT2D eigenvalue weighted by Crippen LogP contribution is 2.08. The summed E-state index contributed by atoms with van der Waals surface area (Å²) in [5.74, 6) is 0. The molecular weight excluding hydrogens is 272 g/mol. The topological polar surface area (TPSA) is 58.6 Å². The van der Waals surface area contributed by atoms with E-state index < -0.39 is 10.0 Å². The zero-order valence-electron chi connectivity index (χ0n) is 9.70. The molecule has 0 unspecified atom stereocenters. The molecule has 2 rings (SSSR count). The van der Waals surface area contributed by atoms with Crippen molar-refractivity contribution in [2.24, 2.45) is 0 Å². The number of hydrogen-bond donors (Lipinski definition) is 1. The Hall–Kier alpha value is -1.18. The lowest BCUT2D eigenvalue weighted by molar-refractivity contribution is 0.0682. The van der Waals surface area contributed by atoms with Crippen molar-refractivity contribution < 1.29 is 13.2 Å². The van der Waals surface area contributed by atoms with E-state index in [0.29, 0.717) is 26.3 Å². The van der Waals surface area contributed by atoms with Crippen LogP contribution in [-0.2, 0) is 14.8 Å². The molecule has 0 aromatic heterocycles. The smallest absolute Gasteiger partial charge is 0.263 e. The minimum Gasteiger partial charge on any atom is -0.378 e. The van der Waals surface area contributed by atoms with Crippen LogP contribution in [0.15, 0.2) is 35.2 Å². The molecule has 0 bridgehead atoms. The van der Waals surface area contributed by atoms with Crippen LogP contribution in [0.3, 0.4) is 0 Å². The Bertz CT molecular complexity index is 510. The molecular formula is C11H14N2O3S2. The molecule has 0 spiro atoms. The lowest BCUT2D eigenvalue weighted by atomic mass is 10.4. The van der Waals surface area contributed by atoms with Crippen molar-refractivity contribution in [1.29, 1.82) is 0 Å². The summed E-state index contributed by atoms with van der Waals surface area (Å²) in [4.78, 5) is 2.00. The predicted molar refractivity (Wildman–Crippen MR) is 71.8 cm³/mol. The number of nitrogens with zero attached hydrogens (tertiary/aromatic N) is 1. The van der Waals surface area contributed by atoms with Gasteiger partial charge in [0.25, 0.3) is 10.0 Å². The van der Waals surface area contributed by atoms with E-state index in [9.17, 15) is 8.42 Å². The Labute approximate surface area is 112 Å². The molecule has 7 heteroatoms. The minimum absolute atomic E-state index is 0.209. The van der Waals surface area contributed by atoms with Gasteiger partial charge in [-0.25, -0.2) is 8.42 Å². The predicted octanol–water partition coefficient (Wildman–Crippen LogP) is 0.582. The van der Waals surface area contributed by atoms with Crippen molar-refractivity contribution in [3.05, 3.63) is 30.3 Å². The van der Waals surface area contributed by atoms with Gasteiger partial charge in [0.05, 0.1) is 18.1 Å². The average Bonchev–Trinajstić information content (AvgIpc) is 2.40. The third-order valence-corrected chi connectivity index (χ3v) is 4.42. The number of rotatable bonds is 2. The molecule has 0 amide bonds. The van der Waals surface area contributed by atoms with Crippen LogP contribution in [0.1, 0.15) is 0 Å². The molecule has 1 aromatic rings. The van der Waals surface area contributed by atoms with E-state index in [-0.39, 0.29) is 10.0 Å². The van der Waals surface area contributed by atoms with Gasteiger partial charge in [-0.1, -0.05) is 18.2 Å². The van der Waals surface area contributed by atoms with E-state index in [1.807, 2.05) is 0 Å². The van der Waals surface area contributed by atoms with Gasteiger partial charge in [-0.05, 0) is 24.4 Å². The molecule has 98 valence electrons. The molecule has 0 radical (unpaired) electrons. The Balaban J connectivity index is 2.06. The van der Waals surface area contributed by atoms with Gasteiger partial charge in [0.15, 0.2) is 5.11 Å². The quantitative estimate of drug-likeness (QED) is 0.806. The maximum Gasteiger partial charge on any atom is 0.263 e. The van der Waals surface area contributed by atoms with E-state index in [2.05, 4.69) is 4.72 Å². The van der Waals surface area contributed by atoms with Crippen LogP contribution in [0.5, 0.6) is 0 Å². The fourth-order valence-corrected chi connectivity index (χ4v) is 3.11. The number of ether oxygens (including phenoxy) is 1. The Morgan fingerprint density at radius 3 is 2.44 bits per heavy atom. The van der Waals surface area contributed by atoms with Crippen molar-refractivity contribution in [3.63, 3.8) is 0 Å². The summed E-state index contributed by atoms with van der Waals surface area (Å²) < 4.78 is 31.7. The molecule has 1 N–H and O–H groups in total. The Kier molecular flexibility index (Phi) is 4.15. The van der Waals surface area contributed by atoms with Gasteiger partial charge in [-0.3, -0.25) is 4.72 Å². The summed E-state index contributed by atoms with van der Waals surface area (Å²) in [5, 5.41) is 0.224. The number of morpholine rings is 1. The summed E-state index contributed by atoms with van der Waals surface area (Å²) in [6.45, 7) is 2.34. The van der Waals surface area contributed by atoms with Crippen molar-refractivity contribution in [2.45, 2.75) is 4.90 Å². The van der Waals surface area contributed by atoms with Gasteiger partial charge in [-0.2, -0.15) is 0 Å². The molecule has 5 nitrogen and oxygen atoms in total. The summed E-state index contributed by atoms with van der Waals surface area (Å²) in [7, 11) is -3.58. The van der Waals surface area contributed by atoms with E-state index in [0.717, 1.165) is 0 Å². The van der Waals surface area contributed by atoms with Crippen molar-refractivity contribution in [3.8, 4) is 0 Å². The molecule has 0 atom stereocenters. The maximum absolute atomic E-state index is 12.0. The zero-order chi connectivity index (χ0) is 13.0. The average molecular weight is 286 g/mol. The lowest BCUT2D eigenvalue weighted by Crippen LogP contribution is -2.47. The Morgan fingerprint density at radius 2 is 1.83 bits per heavy atom. The first kappa shape index (κ1) is 13.3. The number of hydrogen-bond acceptors (Lipinski definition) is 4. The first-order valence-corrected chi connectivity index (χ1v) is 7.43. The molecule has 1 aliphatic rings. The van der Waals surface area contributed by atoms with E-state index in [4.69, 9.17) is 17.0 Å². The summed E-state index contributed by atoms with van der Waals surface area (Å²) >= 11 is 5.10. The number of benzene rings is 1. The fraction of sp³-hybridized carbons (Fsp3) is 0.364. The molecule has 1 aliphatic heterocycles. The summed E-state index contributed by atoms with van der Waals surface area (Å²) in [5.41, 5.74) is 0. The molecule has 1 saturated heterocycles. The van der Waals surface area contributed by atoms with Gasteiger partial charge < -0.3 is 9.64 Å². The number of nitrogens with one attached hydrogen (secondary N) is 1. The first-order valence-electron chi connectivity index (χ1n) is 5.54. The lowest BCUT2D eigenvalue weighted by Gasteiger charge is -2.29. The van der Waals surface area contributed by atoms with Crippen molar-refractivity contribution in [2.75, 3.05) is 26.3 Å². The zero-order valence-corrected chi connectivity index (χ0v) is 11.3. The monoisotopic (exact) mass is 286 g/mol. The van der Waals surface area contributed by atoms with Gasteiger partial charge >= 0.3 is 0 Å². The largest absolute Gasteiger partial charge is 0.378 e. The number of thiocarbonyl (C=S) groups is 1.